The smallest absolute Gasteiger partial charge is 0.313 e. The van der Waals surface area contributed by atoms with Gasteiger partial charge < -0.3 is 9.40 Å². The van der Waals surface area contributed by atoms with E-state index >= 15 is 0 Å². The molecular weight excluding hydrogens is 344 g/mol. The van der Waals surface area contributed by atoms with Crippen LogP contribution in [-0.4, -0.2) is 16.2 Å². The van der Waals surface area contributed by atoms with Gasteiger partial charge in [-0.3, -0.25) is 0 Å². The van der Waals surface area contributed by atoms with Crippen LogP contribution in [0.2, 0.25) is 0 Å². The Bertz CT molecular complexity index is 1080. The normalized spacial score (nSPS) is 11.7. The zero-order valence-corrected chi connectivity index (χ0v) is 14.9. The van der Waals surface area contributed by atoms with Crippen LogP contribution in [0.4, 0.5) is 0 Å². The molecule has 4 rings (SSSR count). The number of aromatic nitrogens is 1. The number of para-hydroxylation sites is 1. The van der Waals surface area contributed by atoms with E-state index in [1.54, 1.807) is 35.6 Å². The average Bonchev–Trinajstić information content (AvgIpc) is 3.34. The van der Waals surface area contributed by atoms with Crippen LogP contribution in [0.25, 0.3) is 15.9 Å². The minimum absolute atomic E-state index is 0.466. The highest BCUT2D eigenvalue weighted by Crippen LogP contribution is 2.27. The summed E-state index contributed by atoms with van der Waals surface area (Å²) in [5.74, 6) is -0.466. The minimum Gasteiger partial charge on any atom is -0.313 e. The summed E-state index contributed by atoms with van der Waals surface area (Å²) < 4.78 is 2.13. The first-order chi connectivity index (χ1) is 12.7. The molecule has 0 saturated heterocycles. The monoisotopic (exact) mass is 360 g/mol. The molecule has 0 spiro atoms. The van der Waals surface area contributed by atoms with Crippen molar-refractivity contribution in [3.05, 3.63) is 89.4 Å². The van der Waals surface area contributed by atoms with Crippen LogP contribution >= 0.6 is 11.3 Å². The van der Waals surface area contributed by atoms with Crippen LogP contribution in [0.1, 0.15) is 22.8 Å². The van der Waals surface area contributed by atoms with Crippen LogP contribution in [0.3, 0.4) is 0 Å². The van der Waals surface area contributed by atoms with Crippen molar-refractivity contribution in [2.24, 2.45) is 5.16 Å². The highest BCUT2D eigenvalue weighted by atomic mass is 32.1. The fourth-order valence-electron chi connectivity index (χ4n) is 2.84. The number of hydrogen-bond donors (Lipinski definition) is 0. The molecule has 0 aliphatic rings. The van der Waals surface area contributed by atoms with E-state index in [9.17, 15) is 4.79 Å². The van der Waals surface area contributed by atoms with Crippen molar-refractivity contribution in [2.75, 3.05) is 0 Å². The van der Waals surface area contributed by atoms with Gasteiger partial charge in [-0.15, -0.1) is 11.3 Å². The number of hydrogen-bond acceptors (Lipinski definition) is 4. The summed E-state index contributed by atoms with van der Waals surface area (Å²) in [5, 5.41) is 8.31. The summed E-state index contributed by atoms with van der Waals surface area (Å²) in [6.45, 7) is 1.85. The van der Waals surface area contributed by atoms with Gasteiger partial charge in [0.15, 0.2) is 0 Å². The van der Waals surface area contributed by atoms with E-state index in [1.807, 2.05) is 48.8 Å². The highest BCUT2D eigenvalue weighted by molar-refractivity contribution is 7.12. The van der Waals surface area contributed by atoms with Crippen LogP contribution in [-0.2, 0) is 4.84 Å². The van der Waals surface area contributed by atoms with E-state index in [0.29, 0.717) is 11.3 Å². The van der Waals surface area contributed by atoms with Crippen molar-refractivity contribution in [1.82, 2.24) is 4.57 Å². The van der Waals surface area contributed by atoms with E-state index in [4.69, 9.17) is 4.84 Å². The lowest BCUT2D eigenvalue weighted by molar-refractivity contribution is 0.0516. The standard InChI is InChI=1S/C21H16N2O2S/c1-15(22-25-21(24)16-8-3-2-4-9-16)18-14-23(20-12-7-13-26-20)19-11-6-5-10-17(18)19/h2-14H,1H3/b22-15+. The number of oxime groups is 1. The number of thiophene rings is 1. The summed E-state index contributed by atoms with van der Waals surface area (Å²) in [6.07, 6.45) is 2.03. The Morgan fingerprint density at radius 2 is 1.77 bits per heavy atom. The number of rotatable bonds is 4. The van der Waals surface area contributed by atoms with Gasteiger partial charge in [0.25, 0.3) is 0 Å². The van der Waals surface area contributed by atoms with Gasteiger partial charge in [0.2, 0.25) is 0 Å². The molecule has 26 heavy (non-hydrogen) atoms. The van der Waals surface area contributed by atoms with Crippen molar-refractivity contribution in [3.8, 4) is 5.00 Å². The van der Waals surface area contributed by atoms with E-state index in [2.05, 4.69) is 21.9 Å². The highest BCUT2D eigenvalue weighted by Gasteiger charge is 2.13. The number of nitrogens with zero attached hydrogens (tertiary/aromatic N) is 2. The zero-order chi connectivity index (χ0) is 17.9. The summed E-state index contributed by atoms with van der Waals surface area (Å²) in [6, 6.07) is 21.1. The van der Waals surface area contributed by atoms with Crippen molar-refractivity contribution >= 4 is 33.9 Å². The second-order valence-electron chi connectivity index (χ2n) is 5.80. The zero-order valence-electron chi connectivity index (χ0n) is 14.1. The van der Waals surface area contributed by atoms with Gasteiger partial charge in [-0.1, -0.05) is 41.6 Å². The summed E-state index contributed by atoms with van der Waals surface area (Å²) in [4.78, 5) is 17.2. The second-order valence-corrected chi connectivity index (χ2v) is 6.73. The Morgan fingerprint density at radius 1 is 1.00 bits per heavy atom. The summed E-state index contributed by atoms with van der Waals surface area (Å²) in [5.41, 5.74) is 3.16. The molecular formula is C21H16N2O2S. The number of benzene rings is 2. The fraction of sp³-hybridized carbons (Fsp3) is 0.0476. The van der Waals surface area contributed by atoms with Gasteiger partial charge >= 0.3 is 5.97 Å². The lowest BCUT2D eigenvalue weighted by atomic mass is 10.1. The van der Waals surface area contributed by atoms with E-state index < -0.39 is 5.97 Å². The molecule has 4 aromatic rings. The topological polar surface area (TPSA) is 43.6 Å². The molecule has 0 amide bonds. The van der Waals surface area contributed by atoms with E-state index in [-0.39, 0.29) is 0 Å². The number of carbonyl (C=O) groups excluding carboxylic acids is 1. The van der Waals surface area contributed by atoms with Gasteiger partial charge in [0, 0.05) is 17.1 Å². The Balaban J connectivity index is 1.69. The van der Waals surface area contributed by atoms with Crippen LogP contribution in [0.15, 0.2) is 83.5 Å². The van der Waals surface area contributed by atoms with Crippen LogP contribution in [0, 0.1) is 0 Å². The first-order valence-electron chi connectivity index (χ1n) is 8.19. The van der Waals surface area contributed by atoms with Crippen LogP contribution in [0.5, 0.6) is 0 Å². The third-order valence-corrected chi connectivity index (χ3v) is 4.99. The number of carbonyl (C=O) groups is 1. The maximum absolute atomic E-state index is 12.1. The van der Waals surface area contributed by atoms with E-state index in [1.165, 1.54) is 0 Å². The van der Waals surface area contributed by atoms with Gasteiger partial charge in [0.05, 0.1) is 21.8 Å². The third kappa shape index (κ3) is 3.05. The summed E-state index contributed by atoms with van der Waals surface area (Å²) in [7, 11) is 0. The molecule has 0 aliphatic carbocycles. The lowest BCUT2D eigenvalue weighted by Gasteiger charge is -2.00. The maximum atomic E-state index is 12.1. The molecule has 2 aromatic heterocycles. The minimum atomic E-state index is -0.466. The quantitative estimate of drug-likeness (QED) is 0.283. The molecule has 0 bridgehead atoms. The third-order valence-electron chi connectivity index (χ3n) is 4.12. The van der Waals surface area contributed by atoms with Crippen LogP contribution < -0.4 is 0 Å². The molecule has 0 atom stereocenters. The molecule has 0 unspecified atom stereocenters. The Hall–Kier alpha value is -3.18. The summed E-state index contributed by atoms with van der Waals surface area (Å²) >= 11 is 1.67. The molecule has 0 saturated carbocycles. The van der Waals surface area contributed by atoms with Gasteiger partial charge in [0.1, 0.15) is 0 Å². The van der Waals surface area contributed by atoms with Crippen molar-refractivity contribution in [2.45, 2.75) is 6.92 Å². The SMILES string of the molecule is C/C(=N\OC(=O)c1ccccc1)c1cn(-c2cccs2)c2ccccc12. The first-order valence-corrected chi connectivity index (χ1v) is 9.07. The molecule has 5 heteroatoms. The predicted octanol–water partition coefficient (Wildman–Crippen LogP) is 5.27. The lowest BCUT2D eigenvalue weighted by Crippen LogP contribution is -2.03. The molecule has 2 heterocycles. The van der Waals surface area contributed by atoms with Gasteiger partial charge in [-0.2, -0.15) is 0 Å². The first kappa shape index (κ1) is 16.3. The Morgan fingerprint density at radius 3 is 2.54 bits per heavy atom. The average molecular weight is 360 g/mol. The van der Waals surface area contributed by atoms with Gasteiger partial charge in [-0.25, -0.2) is 4.79 Å². The molecule has 4 nitrogen and oxygen atoms in total. The van der Waals surface area contributed by atoms with Crippen molar-refractivity contribution in [1.29, 1.82) is 0 Å². The maximum Gasteiger partial charge on any atom is 0.365 e. The largest absolute Gasteiger partial charge is 0.365 e. The Kier molecular flexibility index (Phi) is 4.37. The molecule has 0 radical (unpaired) electrons. The molecule has 0 aliphatic heterocycles. The van der Waals surface area contributed by atoms with E-state index in [0.717, 1.165) is 21.5 Å². The second kappa shape index (κ2) is 6.98. The number of fused-ring (bicyclic) bond motifs is 1. The Labute approximate surface area is 155 Å². The molecule has 0 fully saturated rings. The molecule has 128 valence electrons. The fourth-order valence-corrected chi connectivity index (χ4v) is 3.56. The van der Waals surface area contributed by atoms with Crippen molar-refractivity contribution in [3.63, 3.8) is 0 Å². The van der Waals surface area contributed by atoms with Crippen molar-refractivity contribution < 1.29 is 9.63 Å². The molecule has 2 aromatic carbocycles. The molecule has 0 N–H and O–H groups in total. The predicted molar refractivity (Wildman–Crippen MR) is 105 cm³/mol. The van der Waals surface area contributed by atoms with Gasteiger partial charge in [-0.05, 0) is 42.6 Å².